The first kappa shape index (κ1) is 22.6. The highest BCUT2D eigenvalue weighted by molar-refractivity contribution is 5.69. The van der Waals surface area contributed by atoms with E-state index >= 15 is 0 Å². The van der Waals surface area contributed by atoms with Gasteiger partial charge in [0.15, 0.2) is 5.41 Å². The lowest BCUT2D eigenvalue weighted by atomic mass is 9.58. The zero-order valence-corrected chi connectivity index (χ0v) is 18.7. The molecule has 0 fully saturated rings. The van der Waals surface area contributed by atoms with Crippen molar-refractivity contribution in [2.75, 3.05) is 13.1 Å². The molecule has 1 aliphatic heterocycles. The van der Waals surface area contributed by atoms with Gasteiger partial charge in [0, 0.05) is 24.9 Å². The van der Waals surface area contributed by atoms with E-state index < -0.39 is 23.3 Å². The van der Waals surface area contributed by atoms with E-state index in [1.165, 1.54) is 4.90 Å². The summed E-state index contributed by atoms with van der Waals surface area (Å²) in [5, 5.41) is 30.2. The number of nitrogens with two attached hydrogens (primary N) is 1. The highest BCUT2D eigenvalue weighted by Gasteiger charge is 2.54. The van der Waals surface area contributed by atoms with Gasteiger partial charge in [-0.2, -0.15) is 15.8 Å². The van der Waals surface area contributed by atoms with Crippen molar-refractivity contribution in [2.45, 2.75) is 19.4 Å². The molecule has 7 heteroatoms. The summed E-state index contributed by atoms with van der Waals surface area (Å²) in [5.74, 6) is -1.13. The molecule has 1 heterocycles. The predicted octanol–water partition coefficient (Wildman–Crippen LogP) is 4.06. The second kappa shape index (κ2) is 9.14. The molecule has 0 spiro atoms. The second-order valence-corrected chi connectivity index (χ2v) is 8.53. The number of amides is 1. The van der Waals surface area contributed by atoms with Gasteiger partial charge >= 0.3 is 6.09 Å². The molecule has 2 aromatic rings. The average Bonchev–Trinajstić information content (AvgIpc) is 2.88. The number of benzene rings is 2. The first-order valence-corrected chi connectivity index (χ1v) is 10.9. The summed E-state index contributed by atoms with van der Waals surface area (Å²) in [7, 11) is 0. The Labute approximate surface area is 198 Å². The molecular weight excluding hydrogens is 426 g/mol. The van der Waals surface area contributed by atoms with Crippen molar-refractivity contribution in [3.8, 4) is 18.2 Å². The number of ether oxygens (including phenoxy) is 1. The Balaban J connectivity index is 1.73. The number of hydrogen-bond acceptors (Lipinski definition) is 6. The molecule has 168 valence electrons. The fourth-order valence-electron chi connectivity index (χ4n) is 4.79. The molecule has 0 radical (unpaired) electrons. The molecule has 0 bridgehead atoms. The van der Waals surface area contributed by atoms with E-state index in [-0.39, 0.29) is 31.0 Å². The van der Waals surface area contributed by atoms with Crippen molar-refractivity contribution in [1.29, 1.82) is 15.8 Å². The first-order valence-electron chi connectivity index (χ1n) is 10.9. The third-order valence-electron chi connectivity index (χ3n) is 6.56. The van der Waals surface area contributed by atoms with E-state index in [0.717, 1.165) is 16.7 Å². The van der Waals surface area contributed by atoms with Crippen LogP contribution in [0.2, 0.25) is 0 Å². The van der Waals surface area contributed by atoms with Crippen molar-refractivity contribution in [3.05, 3.63) is 94.2 Å². The van der Waals surface area contributed by atoms with Gasteiger partial charge in [-0.1, -0.05) is 66.2 Å². The molecule has 34 heavy (non-hydrogen) atoms. The quantitative estimate of drug-likeness (QED) is 0.753. The Morgan fingerprint density at radius 1 is 1.12 bits per heavy atom. The third-order valence-corrected chi connectivity index (χ3v) is 6.56. The smallest absolute Gasteiger partial charge is 0.410 e. The van der Waals surface area contributed by atoms with Crippen molar-refractivity contribution in [2.24, 2.45) is 17.1 Å². The highest BCUT2D eigenvalue weighted by Crippen LogP contribution is 2.54. The number of allylic oxidation sites excluding steroid dienone is 2. The van der Waals surface area contributed by atoms with Crippen LogP contribution >= 0.6 is 0 Å². The van der Waals surface area contributed by atoms with Crippen molar-refractivity contribution >= 4 is 6.09 Å². The number of fused-ring (bicyclic) bond motifs is 1. The number of aryl methyl sites for hydroxylation is 1. The van der Waals surface area contributed by atoms with E-state index in [0.29, 0.717) is 5.57 Å². The lowest BCUT2D eigenvalue weighted by Crippen LogP contribution is -2.49. The van der Waals surface area contributed by atoms with Crippen LogP contribution in [-0.2, 0) is 11.3 Å². The Hall–Kier alpha value is -4.54. The molecule has 0 unspecified atom stereocenters. The normalized spacial score (nSPS) is 20.8. The van der Waals surface area contributed by atoms with Crippen LogP contribution in [0.15, 0.2) is 77.5 Å². The van der Waals surface area contributed by atoms with Gasteiger partial charge in [-0.05, 0) is 23.6 Å². The summed E-state index contributed by atoms with van der Waals surface area (Å²) in [6.45, 7) is 2.52. The lowest BCUT2D eigenvalue weighted by molar-refractivity contribution is 0.0898. The summed E-state index contributed by atoms with van der Waals surface area (Å²) in [6, 6.07) is 23.3. The molecule has 1 aliphatic carbocycles. The van der Waals surface area contributed by atoms with E-state index in [2.05, 4.69) is 18.2 Å². The summed E-state index contributed by atoms with van der Waals surface area (Å²) < 4.78 is 5.51. The number of hydrogen-bond donors (Lipinski definition) is 1. The van der Waals surface area contributed by atoms with Gasteiger partial charge in [-0.25, -0.2) is 4.79 Å². The van der Waals surface area contributed by atoms with Crippen LogP contribution in [0.1, 0.15) is 22.6 Å². The van der Waals surface area contributed by atoms with E-state index in [1.807, 2.05) is 61.5 Å². The number of carbonyl (C=O) groups is 1. The van der Waals surface area contributed by atoms with E-state index in [9.17, 15) is 20.6 Å². The molecule has 7 nitrogen and oxygen atoms in total. The van der Waals surface area contributed by atoms with Gasteiger partial charge in [0.25, 0.3) is 0 Å². The molecule has 2 aromatic carbocycles. The van der Waals surface area contributed by atoms with E-state index in [1.54, 1.807) is 6.08 Å². The molecule has 4 rings (SSSR count). The number of nitrogens with zero attached hydrogens (tertiary/aromatic N) is 4. The monoisotopic (exact) mass is 449 g/mol. The Bertz CT molecular complexity index is 1280. The zero-order chi connectivity index (χ0) is 24.3. The minimum atomic E-state index is -1.74. The Morgan fingerprint density at radius 3 is 2.41 bits per heavy atom. The maximum absolute atomic E-state index is 12.9. The summed E-state index contributed by atoms with van der Waals surface area (Å²) in [5.41, 5.74) is 8.03. The topological polar surface area (TPSA) is 127 Å². The van der Waals surface area contributed by atoms with E-state index in [4.69, 9.17) is 10.5 Å². The van der Waals surface area contributed by atoms with Crippen LogP contribution in [0.3, 0.4) is 0 Å². The number of carbonyl (C=O) groups excluding carboxylic acids is 1. The molecule has 1 amide bonds. The fourth-order valence-corrected chi connectivity index (χ4v) is 4.79. The first-order chi connectivity index (χ1) is 16.4. The van der Waals surface area contributed by atoms with Crippen molar-refractivity contribution < 1.29 is 9.53 Å². The molecule has 0 aromatic heterocycles. The van der Waals surface area contributed by atoms with Crippen LogP contribution in [0, 0.1) is 52.2 Å². The van der Waals surface area contributed by atoms with Gasteiger partial charge < -0.3 is 15.4 Å². The highest BCUT2D eigenvalue weighted by atomic mass is 16.6. The van der Waals surface area contributed by atoms with Crippen LogP contribution in [0.5, 0.6) is 0 Å². The summed E-state index contributed by atoms with van der Waals surface area (Å²) in [6.07, 6.45) is 1.28. The molecule has 2 N–H and O–H groups in total. The van der Waals surface area contributed by atoms with Crippen LogP contribution in [0.25, 0.3) is 0 Å². The van der Waals surface area contributed by atoms with Crippen LogP contribution in [0.4, 0.5) is 4.79 Å². The average molecular weight is 450 g/mol. The maximum Gasteiger partial charge on any atom is 0.410 e. The fraction of sp³-hybridized carbons (Fsp3) is 0.259. The molecule has 2 atom stereocenters. The van der Waals surface area contributed by atoms with Gasteiger partial charge in [0.2, 0.25) is 0 Å². The summed E-state index contributed by atoms with van der Waals surface area (Å²) >= 11 is 0. The predicted molar refractivity (Wildman–Crippen MR) is 124 cm³/mol. The largest absolute Gasteiger partial charge is 0.445 e. The minimum Gasteiger partial charge on any atom is -0.445 e. The molecule has 2 aliphatic rings. The lowest BCUT2D eigenvalue weighted by Gasteiger charge is -2.45. The Morgan fingerprint density at radius 2 is 1.79 bits per heavy atom. The van der Waals surface area contributed by atoms with Crippen LogP contribution in [-0.4, -0.2) is 24.1 Å². The molecule has 0 saturated heterocycles. The number of nitriles is 3. The second-order valence-electron chi connectivity index (χ2n) is 8.53. The summed E-state index contributed by atoms with van der Waals surface area (Å²) in [4.78, 5) is 14.4. The van der Waals surface area contributed by atoms with Gasteiger partial charge in [-0.3, -0.25) is 0 Å². The third kappa shape index (κ3) is 3.76. The molecular formula is C27H23N5O2. The number of rotatable bonds is 3. The van der Waals surface area contributed by atoms with Gasteiger partial charge in [-0.15, -0.1) is 0 Å². The van der Waals surface area contributed by atoms with Crippen molar-refractivity contribution in [3.63, 3.8) is 0 Å². The van der Waals surface area contributed by atoms with Crippen LogP contribution < -0.4 is 5.73 Å². The maximum atomic E-state index is 12.9. The SMILES string of the molecule is Cc1ccc([C@@H]2[C@H]3CN(C(=O)OCc4ccccc4)CC=C3C(C#N)=C(N)C2(C#N)C#N)cc1. The van der Waals surface area contributed by atoms with Crippen molar-refractivity contribution in [1.82, 2.24) is 4.90 Å². The van der Waals surface area contributed by atoms with Gasteiger partial charge in [0.1, 0.15) is 12.7 Å². The zero-order valence-electron chi connectivity index (χ0n) is 18.7. The Kier molecular flexibility index (Phi) is 6.09. The molecule has 0 saturated carbocycles. The standard InChI is InChI=1S/C27H23N5O2/c1-18-7-9-20(10-8-18)24-23-14-32(26(33)34-15-19-5-3-2-4-6-19)12-11-21(23)22(13-28)25(31)27(24,16-29)17-30/h2-11,23-24H,12,14-15,31H2,1H3/t23-,24+/m0/s1. The van der Waals surface area contributed by atoms with Gasteiger partial charge in [0.05, 0.1) is 23.4 Å². The minimum absolute atomic E-state index is 0.0341.